The summed E-state index contributed by atoms with van der Waals surface area (Å²) in [5.41, 5.74) is -0.306. The van der Waals surface area contributed by atoms with E-state index in [1.54, 1.807) is 14.2 Å². The van der Waals surface area contributed by atoms with E-state index in [2.05, 4.69) is 10.6 Å². The van der Waals surface area contributed by atoms with Crippen LogP contribution in [0.4, 0.5) is 18.9 Å². The molecule has 5 nitrogen and oxygen atoms in total. The molecule has 32 heavy (non-hydrogen) atoms. The number of halogens is 4. The van der Waals surface area contributed by atoms with Gasteiger partial charge in [-0.3, -0.25) is 4.79 Å². The fourth-order valence-electron chi connectivity index (χ4n) is 3.93. The standard InChI is InChI=1S/C23H26ClF3N2O3/c1-12-20(25)18(19(24)22(27)21(12)26)23(30)29-14-6-4-13(5-7-14)11-28-15-8-9-16(31-2)17(10-15)32-3/h8-10,13-14,28H,4-7,11H2,1-3H3,(H,29,30). The number of methoxy groups -OCH3 is 2. The highest BCUT2D eigenvalue weighted by Crippen LogP contribution is 2.32. The second-order valence-corrected chi connectivity index (χ2v) is 8.28. The second-order valence-electron chi connectivity index (χ2n) is 7.90. The maximum atomic E-state index is 14.4. The molecule has 2 aromatic rings. The molecule has 0 bridgehead atoms. The van der Waals surface area contributed by atoms with Gasteiger partial charge in [-0.25, -0.2) is 13.2 Å². The number of rotatable bonds is 7. The van der Waals surface area contributed by atoms with Crippen molar-refractivity contribution in [2.24, 2.45) is 5.92 Å². The first-order valence-electron chi connectivity index (χ1n) is 10.4. The van der Waals surface area contributed by atoms with Crippen LogP contribution in [0.25, 0.3) is 0 Å². The smallest absolute Gasteiger partial charge is 0.256 e. The molecule has 3 rings (SSSR count). The van der Waals surface area contributed by atoms with Gasteiger partial charge in [-0.05, 0) is 50.7 Å². The summed E-state index contributed by atoms with van der Waals surface area (Å²) in [7, 11) is 3.16. The molecule has 1 aliphatic rings. The number of anilines is 1. The van der Waals surface area contributed by atoms with Gasteiger partial charge in [0.05, 0.1) is 24.8 Å². The molecule has 174 valence electrons. The Morgan fingerprint density at radius 3 is 2.31 bits per heavy atom. The number of carbonyl (C=O) groups excluding carboxylic acids is 1. The number of benzene rings is 2. The first-order chi connectivity index (χ1) is 15.3. The van der Waals surface area contributed by atoms with E-state index in [9.17, 15) is 18.0 Å². The lowest BCUT2D eigenvalue weighted by Gasteiger charge is -2.29. The number of carbonyl (C=O) groups is 1. The predicted octanol–water partition coefficient (Wildman–Crippen LogP) is 5.48. The van der Waals surface area contributed by atoms with Crippen LogP contribution in [0, 0.1) is 30.3 Å². The fourth-order valence-corrected chi connectivity index (χ4v) is 4.18. The Morgan fingerprint density at radius 1 is 1.03 bits per heavy atom. The Hall–Kier alpha value is -2.61. The van der Waals surface area contributed by atoms with Crippen molar-refractivity contribution in [1.82, 2.24) is 5.32 Å². The van der Waals surface area contributed by atoms with Gasteiger partial charge in [0, 0.05) is 29.9 Å². The molecule has 0 unspecified atom stereocenters. The minimum absolute atomic E-state index is 0.191. The first kappa shape index (κ1) is 24.0. The van der Waals surface area contributed by atoms with E-state index in [0.29, 0.717) is 30.3 Å². The highest BCUT2D eigenvalue weighted by Gasteiger charge is 2.29. The maximum Gasteiger partial charge on any atom is 0.256 e. The molecular weight excluding hydrogens is 445 g/mol. The summed E-state index contributed by atoms with van der Waals surface area (Å²) in [5.74, 6) is -3.08. The molecule has 0 heterocycles. The molecule has 1 fully saturated rings. The van der Waals surface area contributed by atoms with Crippen LogP contribution >= 0.6 is 11.6 Å². The van der Waals surface area contributed by atoms with Crippen LogP contribution in [-0.2, 0) is 0 Å². The van der Waals surface area contributed by atoms with E-state index in [0.717, 1.165) is 32.0 Å². The van der Waals surface area contributed by atoms with E-state index < -0.39 is 39.5 Å². The van der Waals surface area contributed by atoms with Gasteiger partial charge in [-0.15, -0.1) is 0 Å². The Morgan fingerprint density at radius 2 is 1.69 bits per heavy atom. The topological polar surface area (TPSA) is 59.6 Å². The van der Waals surface area contributed by atoms with Crippen molar-refractivity contribution in [2.75, 3.05) is 26.1 Å². The highest BCUT2D eigenvalue weighted by atomic mass is 35.5. The number of ether oxygens (including phenoxy) is 2. The van der Waals surface area contributed by atoms with Gasteiger partial charge < -0.3 is 20.1 Å². The molecule has 9 heteroatoms. The maximum absolute atomic E-state index is 14.4. The van der Waals surface area contributed by atoms with E-state index in [1.807, 2.05) is 18.2 Å². The molecule has 2 N–H and O–H groups in total. The van der Waals surface area contributed by atoms with Gasteiger partial charge in [-0.2, -0.15) is 0 Å². The van der Waals surface area contributed by atoms with E-state index in [-0.39, 0.29) is 6.04 Å². The minimum atomic E-state index is -1.42. The Balaban J connectivity index is 1.54. The van der Waals surface area contributed by atoms with Crippen LogP contribution in [0.3, 0.4) is 0 Å². The summed E-state index contributed by atoms with van der Waals surface area (Å²) in [5, 5.41) is 5.26. The van der Waals surface area contributed by atoms with Gasteiger partial charge in [-0.1, -0.05) is 11.6 Å². The summed E-state index contributed by atoms with van der Waals surface area (Å²) in [6.45, 7) is 1.82. The van der Waals surface area contributed by atoms with Crippen LogP contribution in [0.1, 0.15) is 41.6 Å². The van der Waals surface area contributed by atoms with E-state index >= 15 is 0 Å². The molecule has 1 amide bonds. The van der Waals surface area contributed by atoms with Crippen molar-refractivity contribution in [2.45, 2.75) is 38.6 Å². The minimum Gasteiger partial charge on any atom is -0.493 e. The van der Waals surface area contributed by atoms with Crippen LogP contribution < -0.4 is 20.1 Å². The van der Waals surface area contributed by atoms with Crippen molar-refractivity contribution < 1.29 is 27.4 Å². The van der Waals surface area contributed by atoms with Gasteiger partial charge in [0.25, 0.3) is 5.91 Å². The molecule has 2 aromatic carbocycles. The third kappa shape index (κ3) is 5.06. The molecule has 0 saturated heterocycles. The predicted molar refractivity (Wildman–Crippen MR) is 117 cm³/mol. The van der Waals surface area contributed by atoms with Crippen molar-refractivity contribution >= 4 is 23.2 Å². The first-order valence-corrected chi connectivity index (χ1v) is 10.7. The van der Waals surface area contributed by atoms with E-state index in [1.165, 1.54) is 0 Å². The fraction of sp³-hybridized carbons (Fsp3) is 0.435. The lowest BCUT2D eigenvalue weighted by Crippen LogP contribution is -2.39. The zero-order chi connectivity index (χ0) is 23.4. The van der Waals surface area contributed by atoms with Crippen LogP contribution in [0.5, 0.6) is 11.5 Å². The lowest BCUT2D eigenvalue weighted by atomic mass is 9.85. The largest absolute Gasteiger partial charge is 0.493 e. The zero-order valence-electron chi connectivity index (χ0n) is 18.2. The number of hydrogen-bond donors (Lipinski definition) is 2. The van der Waals surface area contributed by atoms with Crippen molar-refractivity contribution in [3.63, 3.8) is 0 Å². The van der Waals surface area contributed by atoms with Crippen molar-refractivity contribution in [3.8, 4) is 11.5 Å². The van der Waals surface area contributed by atoms with E-state index in [4.69, 9.17) is 21.1 Å². The molecule has 0 aromatic heterocycles. The number of nitrogens with one attached hydrogen (secondary N) is 2. The van der Waals surface area contributed by atoms with Gasteiger partial charge in [0.2, 0.25) is 0 Å². The Kier molecular flexibility index (Phi) is 7.77. The highest BCUT2D eigenvalue weighted by molar-refractivity contribution is 6.34. The monoisotopic (exact) mass is 470 g/mol. The number of amides is 1. The quantitative estimate of drug-likeness (QED) is 0.415. The Bertz CT molecular complexity index is 966. The molecule has 0 atom stereocenters. The number of hydrogen-bond acceptors (Lipinski definition) is 4. The summed E-state index contributed by atoms with van der Waals surface area (Å²) in [6.07, 6.45) is 3.06. The average Bonchev–Trinajstić information content (AvgIpc) is 2.80. The third-order valence-corrected chi connectivity index (χ3v) is 6.23. The lowest BCUT2D eigenvalue weighted by molar-refractivity contribution is 0.0918. The molecule has 0 aliphatic heterocycles. The van der Waals surface area contributed by atoms with Gasteiger partial charge >= 0.3 is 0 Å². The molecule has 0 spiro atoms. The second kappa shape index (κ2) is 10.3. The van der Waals surface area contributed by atoms with Gasteiger partial charge in [0.1, 0.15) is 5.82 Å². The third-order valence-electron chi connectivity index (χ3n) is 5.87. The van der Waals surface area contributed by atoms with Crippen molar-refractivity contribution in [3.05, 3.63) is 51.8 Å². The van der Waals surface area contributed by atoms with Crippen LogP contribution in [0.15, 0.2) is 18.2 Å². The van der Waals surface area contributed by atoms with Gasteiger partial charge in [0.15, 0.2) is 23.1 Å². The molecular formula is C23H26ClF3N2O3. The van der Waals surface area contributed by atoms with Crippen molar-refractivity contribution in [1.29, 1.82) is 0 Å². The van der Waals surface area contributed by atoms with Crippen LogP contribution in [-0.4, -0.2) is 32.7 Å². The molecule has 0 radical (unpaired) electrons. The molecule has 1 saturated carbocycles. The SMILES string of the molecule is COc1ccc(NCC2CCC(NC(=O)c3c(F)c(C)c(F)c(F)c3Cl)CC2)cc1OC. The molecule has 1 aliphatic carbocycles. The average molecular weight is 471 g/mol. The van der Waals surface area contributed by atoms with Crippen LogP contribution in [0.2, 0.25) is 5.02 Å². The Labute approximate surface area is 190 Å². The summed E-state index contributed by atoms with van der Waals surface area (Å²) in [6, 6.07) is 5.42. The normalized spacial score (nSPS) is 18.2. The summed E-state index contributed by atoms with van der Waals surface area (Å²) < 4.78 is 52.4. The zero-order valence-corrected chi connectivity index (χ0v) is 18.9. The summed E-state index contributed by atoms with van der Waals surface area (Å²) in [4.78, 5) is 12.5. The summed E-state index contributed by atoms with van der Waals surface area (Å²) >= 11 is 5.71.